The number of aryl methyl sites for hydroxylation is 1. The summed E-state index contributed by atoms with van der Waals surface area (Å²) in [5.74, 6) is 1.01. The fourth-order valence-corrected chi connectivity index (χ4v) is 3.92. The van der Waals surface area contributed by atoms with Crippen molar-refractivity contribution in [2.75, 3.05) is 19.7 Å². The Hall–Kier alpha value is -1.36. The Balaban J connectivity index is 1.84. The first-order valence-corrected chi connectivity index (χ1v) is 8.37. The van der Waals surface area contributed by atoms with E-state index in [0.29, 0.717) is 6.54 Å². The third-order valence-corrected chi connectivity index (χ3v) is 5.34. The lowest BCUT2D eigenvalue weighted by Crippen LogP contribution is -2.34. The smallest absolute Gasteiger partial charge is 0.123 e. The van der Waals surface area contributed by atoms with Crippen molar-refractivity contribution in [3.05, 3.63) is 51.7 Å². The molecule has 1 atom stereocenters. The summed E-state index contributed by atoms with van der Waals surface area (Å²) in [5, 5.41) is 0. The summed E-state index contributed by atoms with van der Waals surface area (Å²) in [7, 11) is 0. The number of thiophene rings is 1. The number of fused-ring (bicyclic) bond motifs is 1. The summed E-state index contributed by atoms with van der Waals surface area (Å²) in [4.78, 5) is 5.24. The summed E-state index contributed by atoms with van der Waals surface area (Å²) >= 11 is 1.88. The van der Waals surface area contributed by atoms with Gasteiger partial charge in [0.2, 0.25) is 0 Å². The zero-order valence-electron chi connectivity index (χ0n) is 12.4. The standard InChI is InChI=1S/C17H22N2OS/c1-2-14-7-8-17(21-14)15(11-18)19-9-10-20-16-6-4-3-5-13(16)12-19/h3-8,15H,2,9-12,18H2,1H3. The number of nitrogens with two attached hydrogens (primary N) is 1. The molecule has 0 aliphatic carbocycles. The Morgan fingerprint density at radius 3 is 2.90 bits per heavy atom. The summed E-state index contributed by atoms with van der Waals surface area (Å²) in [6.07, 6.45) is 1.09. The van der Waals surface area contributed by atoms with E-state index in [2.05, 4.69) is 42.2 Å². The second-order valence-electron chi connectivity index (χ2n) is 5.34. The van der Waals surface area contributed by atoms with Crippen molar-refractivity contribution in [2.45, 2.75) is 25.9 Å². The van der Waals surface area contributed by atoms with Gasteiger partial charge in [-0.05, 0) is 24.6 Å². The van der Waals surface area contributed by atoms with Crippen LogP contribution in [0.1, 0.15) is 28.3 Å². The van der Waals surface area contributed by atoms with Gasteiger partial charge in [-0.3, -0.25) is 4.90 Å². The predicted octanol–water partition coefficient (Wildman–Crippen LogP) is 3.20. The van der Waals surface area contributed by atoms with Crippen LogP contribution in [0.25, 0.3) is 0 Å². The number of benzene rings is 1. The molecule has 1 aliphatic heterocycles. The van der Waals surface area contributed by atoms with E-state index in [0.717, 1.165) is 31.9 Å². The molecule has 1 aromatic carbocycles. The Morgan fingerprint density at radius 1 is 1.29 bits per heavy atom. The van der Waals surface area contributed by atoms with Crippen LogP contribution in [0, 0.1) is 0 Å². The van der Waals surface area contributed by atoms with Crippen LogP contribution in [0.5, 0.6) is 5.75 Å². The molecule has 0 bridgehead atoms. The highest BCUT2D eigenvalue weighted by Crippen LogP contribution is 2.31. The first-order chi connectivity index (χ1) is 10.3. The molecule has 2 heterocycles. The van der Waals surface area contributed by atoms with Gasteiger partial charge in [0.05, 0.1) is 6.04 Å². The third-order valence-electron chi connectivity index (χ3n) is 4.01. The van der Waals surface area contributed by atoms with E-state index in [4.69, 9.17) is 10.5 Å². The van der Waals surface area contributed by atoms with E-state index in [9.17, 15) is 0 Å². The van der Waals surface area contributed by atoms with Crippen molar-refractivity contribution >= 4 is 11.3 Å². The monoisotopic (exact) mass is 302 g/mol. The van der Waals surface area contributed by atoms with Crippen molar-refractivity contribution in [3.8, 4) is 5.75 Å². The lowest BCUT2D eigenvalue weighted by Gasteiger charge is -2.28. The van der Waals surface area contributed by atoms with Crippen LogP contribution < -0.4 is 10.5 Å². The molecule has 3 nitrogen and oxygen atoms in total. The van der Waals surface area contributed by atoms with Gasteiger partial charge >= 0.3 is 0 Å². The maximum absolute atomic E-state index is 6.08. The second kappa shape index (κ2) is 6.60. The Kier molecular flexibility index (Phi) is 4.58. The van der Waals surface area contributed by atoms with E-state index < -0.39 is 0 Å². The third kappa shape index (κ3) is 3.12. The molecule has 0 saturated carbocycles. The van der Waals surface area contributed by atoms with Crippen LogP contribution in [0.4, 0.5) is 0 Å². The average Bonchev–Trinajstić information content (AvgIpc) is 2.88. The zero-order chi connectivity index (χ0) is 14.7. The van der Waals surface area contributed by atoms with Crippen LogP contribution >= 0.6 is 11.3 Å². The van der Waals surface area contributed by atoms with Gasteiger partial charge in [0, 0.05) is 35.0 Å². The highest BCUT2D eigenvalue weighted by molar-refractivity contribution is 7.12. The number of nitrogens with zero attached hydrogens (tertiary/aromatic N) is 1. The molecule has 0 fully saturated rings. The van der Waals surface area contributed by atoms with E-state index in [-0.39, 0.29) is 6.04 Å². The van der Waals surface area contributed by atoms with Crippen LogP contribution in [0.15, 0.2) is 36.4 Å². The topological polar surface area (TPSA) is 38.5 Å². The van der Waals surface area contributed by atoms with Crippen molar-refractivity contribution in [2.24, 2.45) is 5.73 Å². The van der Waals surface area contributed by atoms with E-state index in [1.54, 1.807) is 0 Å². The molecular weight excluding hydrogens is 280 g/mol. The number of hydrogen-bond acceptors (Lipinski definition) is 4. The first kappa shape index (κ1) is 14.6. The molecule has 0 amide bonds. The van der Waals surface area contributed by atoms with Crippen molar-refractivity contribution in [3.63, 3.8) is 0 Å². The molecule has 1 unspecified atom stereocenters. The largest absolute Gasteiger partial charge is 0.492 e. The van der Waals surface area contributed by atoms with Crippen molar-refractivity contribution in [1.82, 2.24) is 4.90 Å². The minimum absolute atomic E-state index is 0.282. The number of rotatable bonds is 4. The molecule has 112 valence electrons. The Bertz CT molecular complexity index is 596. The van der Waals surface area contributed by atoms with Gasteiger partial charge in [0.15, 0.2) is 0 Å². The summed E-state index contributed by atoms with van der Waals surface area (Å²) in [5.41, 5.74) is 7.33. The van der Waals surface area contributed by atoms with Gasteiger partial charge in [0.25, 0.3) is 0 Å². The quantitative estimate of drug-likeness (QED) is 0.942. The molecule has 21 heavy (non-hydrogen) atoms. The number of hydrogen-bond donors (Lipinski definition) is 1. The second-order valence-corrected chi connectivity index (χ2v) is 6.54. The van der Waals surface area contributed by atoms with Gasteiger partial charge in [-0.2, -0.15) is 0 Å². The zero-order valence-corrected chi connectivity index (χ0v) is 13.2. The van der Waals surface area contributed by atoms with Crippen molar-refractivity contribution in [1.29, 1.82) is 0 Å². The van der Waals surface area contributed by atoms with E-state index >= 15 is 0 Å². The molecule has 1 aliphatic rings. The molecule has 1 aromatic heterocycles. The number of para-hydroxylation sites is 1. The molecular formula is C17H22N2OS. The van der Waals surface area contributed by atoms with Gasteiger partial charge in [0.1, 0.15) is 12.4 Å². The lowest BCUT2D eigenvalue weighted by atomic mass is 10.1. The van der Waals surface area contributed by atoms with Crippen molar-refractivity contribution < 1.29 is 4.74 Å². The fraction of sp³-hybridized carbons (Fsp3) is 0.412. The van der Waals surface area contributed by atoms with Gasteiger partial charge in [-0.25, -0.2) is 0 Å². The van der Waals surface area contributed by atoms with Crippen LogP contribution in [-0.4, -0.2) is 24.6 Å². The predicted molar refractivity (Wildman–Crippen MR) is 87.8 cm³/mol. The molecule has 0 saturated heterocycles. The number of ether oxygens (including phenoxy) is 1. The highest BCUT2D eigenvalue weighted by atomic mass is 32.1. The molecule has 0 radical (unpaired) electrons. The van der Waals surface area contributed by atoms with Gasteiger partial charge < -0.3 is 10.5 Å². The molecule has 2 aromatic rings. The van der Waals surface area contributed by atoms with Gasteiger partial charge in [-0.15, -0.1) is 11.3 Å². The summed E-state index contributed by atoms with van der Waals surface area (Å²) in [6.45, 7) is 5.38. The minimum Gasteiger partial charge on any atom is -0.492 e. The molecule has 2 N–H and O–H groups in total. The molecule has 4 heteroatoms. The highest BCUT2D eigenvalue weighted by Gasteiger charge is 2.24. The average molecular weight is 302 g/mol. The maximum Gasteiger partial charge on any atom is 0.123 e. The minimum atomic E-state index is 0.282. The summed E-state index contributed by atoms with van der Waals surface area (Å²) in [6, 6.07) is 13.0. The van der Waals surface area contributed by atoms with Crippen LogP contribution in [0.2, 0.25) is 0 Å². The van der Waals surface area contributed by atoms with Gasteiger partial charge in [-0.1, -0.05) is 25.1 Å². The van der Waals surface area contributed by atoms with Crippen LogP contribution in [0.3, 0.4) is 0 Å². The molecule has 3 rings (SSSR count). The molecule has 0 spiro atoms. The van der Waals surface area contributed by atoms with E-state index in [1.807, 2.05) is 17.4 Å². The Labute approximate surface area is 130 Å². The Morgan fingerprint density at radius 2 is 2.14 bits per heavy atom. The van der Waals surface area contributed by atoms with Crippen LogP contribution in [-0.2, 0) is 13.0 Å². The lowest BCUT2D eigenvalue weighted by molar-refractivity contribution is 0.175. The fourth-order valence-electron chi connectivity index (χ4n) is 2.82. The first-order valence-electron chi connectivity index (χ1n) is 7.55. The van der Waals surface area contributed by atoms with E-state index in [1.165, 1.54) is 15.3 Å². The SMILES string of the molecule is CCc1ccc(C(CN)N2CCOc3ccccc3C2)s1. The maximum atomic E-state index is 6.08. The summed E-state index contributed by atoms with van der Waals surface area (Å²) < 4.78 is 5.86. The normalized spacial score (nSPS) is 16.9.